The Morgan fingerprint density at radius 3 is 2.43 bits per heavy atom. The van der Waals surface area contributed by atoms with Crippen molar-refractivity contribution in [2.75, 3.05) is 0 Å². The van der Waals surface area contributed by atoms with Crippen LogP contribution in [0.15, 0.2) is 16.8 Å². The Bertz CT molecular complexity index is 115. The predicted molar refractivity (Wildman–Crippen MR) is 23.8 cm³/mol. The summed E-state index contributed by atoms with van der Waals surface area (Å²) >= 11 is 1.43. The van der Waals surface area contributed by atoms with Crippen LogP contribution in [0.3, 0.4) is 0 Å². The molecule has 0 atom stereocenters. The van der Waals surface area contributed by atoms with E-state index in [1.165, 1.54) is 11.3 Å². The molecular formula is C4H3NaOS. The maximum absolute atomic E-state index is 10.1. The second kappa shape index (κ2) is 3.50. The molecule has 0 aliphatic carbocycles. The van der Waals surface area contributed by atoms with Crippen molar-refractivity contribution in [3.8, 4) is 5.75 Å². The van der Waals surface area contributed by atoms with Crippen LogP contribution in [0.25, 0.3) is 0 Å². The van der Waals surface area contributed by atoms with Gasteiger partial charge in [-0.25, -0.2) is 0 Å². The molecule has 0 aliphatic heterocycles. The van der Waals surface area contributed by atoms with Gasteiger partial charge in [0.25, 0.3) is 0 Å². The zero-order valence-electron chi connectivity index (χ0n) is 4.05. The first kappa shape index (κ1) is 7.50. The fraction of sp³-hybridized carbons (Fsp3) is 0. The van der Waals surface area contributed by atoms with Gasteiger partial charge in [0.05, 0.1) is 0 Å². The van der Waals surface area contributed by atoms with Crippen molar-refractivity contribution in [1.82, 2.24) is 0 Å². The zero-order valence-corrected chi connectivity index (χ0v) is 6.87. The first-order valence-electron chi connectivity index (χ1n) is 1.59. The van der Waals surface area contributed by atoms with Crippen LogP contribution in [-0.2, 0) is 0 Å². The van der Waals surface area contributed by atoms with Gasteiger partial charge in [-0.3, -0.25) is 0 Å². The summed E-state index contributed by atoms with van der Waals surface area (Å²) in [6, 6.07) is 1.55. The van der Waals surface area contributed by atoms with Crippen LogP contribution in [0.2, 0.25) is 0 Å². The van der Waals surface area contributed by atoms with Crippen molar-refractivity contribution in [3.63, 3.8) is 0 Å². The maximum Gasteiger partial charge on any atom is 1.00 e. The van der Waals surface area contributed by atoms with E-state index in [9.17, 15) is 5.11 Å². The Hall–Kier alpha value is 0.500. The molecule has 0 bridgehead atoms. The number of thiophene rings is 1. The molecule has 7 heavy (non-hydrogen) atoms. The van der Waals surface area contributed by atoms with Crippen molar-refractivity contribution >= 4 is 11.3 Å². The first-order valence-corrected chi connectivity index (χ1v) is 2.53. The Labute approximate surface area is 68.3 Å². The molecule has 0 spiro atoms. The minimum Gasteiger partial charge on any atom is -0.872 e. The molecule has 0 fully saturated rings. The molecule has 1 aromatic heterocycles. The molecular weight excluding hydrogens is 119 g/mol. The summed E-state index contributed by atoms with van der Waals surface area (Å²) in [6.07, 6.45) is 0. The van der Waals surface area contributed by atoms with Gasteiger partial charge in [-0.1, -0.05) is 11.8 Å². The van der Waals surface area contributed by atoms with Gasteiger partial charge in [0, 0.05) is 0 Å². The van der Waals surface area contributed by atoms with E-state index in [2.05, 4.69) is 0 Å². The molecule has 0 aliphatic rings. The van der Waals surface area contributed by atoms with Crippen LogP contribution in [0.1, 0.15) is 0 Å². The quantitative estimate of drug-likeness (QED) is 0.359. The SMILES string of the molecule is [Na+].[O-]c1ccsc1. The minimum atomic E-state index is 0. The van der Waals surface area contributed by atoms with E-state index in [-0.39, 0.29) is 35.3 Å². The number of hydrogen-bond acceptors (Lipinski definition) is 2. The third-order valence-electron chi connectivity index (χ3n) is 0.495. The van der Waals surface area contributed by atoms with Crippen LogP contribution in [0, 0.1) is 0 Å². The standard InChI is InChI=1S/C4H4OS.Na/c5-4-1-2-6-3-4;/h1-3,5H;/q;+1/p-1. The number of hydrogen-bond donors (Lipinski definition) is 0. The summed E-state index contributed by atoms with van der Waals surface area (Å²) in [5.41, 5.74) is 0. The largest absolute Gasteiger partial charge is 1.00 e. The second-order valence-electron chi connectivity index (χ2n) is 0.959. The summed E-state index contributed by atoms with van der Waals surface area (Å²) in [5, 5.41) is 13.4. The predicted octanol–water partition coefficient (Wildman–Crippen LogP) is -2.17. The van der Waals surface area contributed by atoms with Crippen LogP contribution in [0.5, 0.6) is 5.75 Å². The van der Waals surface area contributed by atoms with E-state index >= 15 is 0 Å². The summed E-state index contributed by atoms with van der Waals surface area (Å²) in [6.45, 7) is 0. The topological polar surface area (TPSA) is 23.1 Å². The van der Waals surface area contributed by atoms with Crippen molar-refractivity contribution in [1.29, 1.82) is 0 Å². The fourth-order valence-electron chi connectivity index (χ4n) is 0.252. The first-order chi connectivity index (χ1) is 2.89. The summed E-state index contributed by atoms with van der Waals surface area (Å²) in [7, 11) is 0. The Morgan fingerprint density at radius 1 is 1.57 bits per heavy atom. The Kier molecular flexibility index (Phi) is 3.75. The van der Waals surface area contributed by atoms with Crippen molar-refractivity contribution < 1.29 is 34.7 Å². The van der Waals surface area contributed by atoms with E-state index in [1.54, 1.807) is 16.8 Å². The van der Waals surface area contributed by atoms with E-state index in [1.807, 2.05) is 0 Å². The molecule has 1 aromatic rings. The molecule has 1 nitrogen and oxygen atoms in total. The summed E-state index contributed by atoms with van der Waals surface area (Å²) in [5.74, 6) is 0.111. The molecule has 0 unspecified atom stereocenters. The molecule has 0 aromatic carbocycles. The molecule has 3 heteroatoms. The monoisotopic (exact) mass is 122 g/mol. The third kappa shape index (κ3) is 2.34. The molecule has 1 heterocycles. The van der Waals surface area contributed by atoms with Crippen LogP contribution >= 0.6 is 11.3 Å². The fourth-order valence-corrected chi connectivity index (χ4v) is 0.756. The Balaban J connectivity index is 0.000000360. The average molecular weight is 122 g/mol. The molecule has 0 saturated carbocycles. The smallest absolute Gasteiger partial charge is 0.872 e. The van der Waals surface area contributed by atoms with Crippen molar-refractivity contribution in [2.24, 2.45) is 0 Å². The summed E-state index contributed by atoms with van der Waals surface area (Å²) in [4.78, 5) is 0. The van der Waals surface area contributed by atoms with Gasteiger partial charge in [0.2, 0.25) is 0 Å². The van der Waals surface area contributed by atoms with Crippen molar-refractivity contribution in [3.05, 3.63) is 16.8 Å². The van der Waals surface area contributed by atoms with Gasteiger partial charge in [0.1, 0.15) is 0 Å². The normalized spacial score (nSPS) is 7.43. The zero-order chi connectivity index (χ0) is 4.41. The summed E-state index contributed by atoms with van der Waals surface area (Å²) < 4.78 is 0. The van der Waals surface area contributed by atoms with E-state index in [0.29, 0.717) is 0 Å². The second-order valence-corrected chi connectivity index (χ2v) is 1.74. The van der Waals surface area contributed by atoms with E-state index in [0.717, 1.165) is 0 Å². The van der Waals surface area contributed by atoms with Gasteiger partial charge in [-0.2, -0.15) is 11.3 Å². The molecule has 1 rings (SSSR count). The molecule has 0 saturated heterocycles. The molecule has 0 radical (unpaired) electrons. The average Bonchev–Trinajstić information content (AvgIpc) is 1.86. The third-order valence-corrected chi connectivity index (χ3v) is 1.16. The maximum atomic E-state index is 10.1. The van der Waals surface area contributed by atoms with Crippen LogP contribution < -0.4 is 34.7 Å². The van der Waals surface area contributed by atoms with E-state index < -0.39 is 0 Å². The van der Waals surface area contributed by atoms with Gasteiger partial charge in [-0.05, 0) is 10.8 Å². The van der Waals surface area contributed by atoms with Gasteiger partial charge in [0.15, 0.2) is 0 Å². The molecule has 0 amide bonds. The van der Waals surface area contributed by atoms with Crippen LogP contribution in [-0.4, -0.2) is 0 Å². The minimum absolute atomic E-state index is 0. The van der Waals surface area contributed by atoms with Gasteiger partial charge >= 0.3 is 29.6 Å². The van der Waals surface area contributed by atoms with Crippen molar-refractivity contribution in [2.45, 2.75) is 0 Å². The van der Waals surface area contributed by atoms with Gasteiger partial charge < -0.3 is 5.11 Å². The molecule has 0 N–H and O–H groups in total. The molecule has 32 valence electrons. The van der Waals surface area contributed by atoms with Gasteiger partial charge in [-0.15, -0.1) is 0 Å². The van der Waals surface area contributed by atoms with E-state index in [4.69, 9.17) is 0 Å². The number of rotatable bonds is 0. The van der Waals surface area contributed by atoms with Crippen LogP contribution in [0.4, 0.5) is 0 Å². The Morgan fingerprint density at radius 2 is 2.29 bits per heavy atom.